The van der Waals surface area contributed by atoms with Crippen LogP contribution in [0.15, 0.2) is 30.5 Å². The number of aromatic nitrogens is 2. The van der Waals surface area contributed by atoms with E-state index in [0.29, 0.717) is 39.9 Å². The van der Waals surface area contributed by atoms with Gasteiger partial charge < -0.3 is 25.3 Å². The van der Waals surface area contributed by atoms with Crippen molar-refractivity contribution in [3.05, 3.63) is 58.3 Å². The van der Waals surface area contributed by atoms with Gasteiger partial charge in [0.2, 0.25) is 0 Å². The smallest absolute Gasteiger partial charge is 0.405 e. The summed E-state index contributed by atoms with van der Waals surface area (Å²) in [5, 5.41) is 8.10. The Kier molecular flexibility index (Phi) is 8.74. The number of nitrogens with two attached hydrogens (primary N) is 1. The maximum Gasteiger partial charge on any atom is 0.405 e. The summed E-state index contributed by atoms with van der Waals surface area (Å²) in [4.78, 5) is 25.3. The highest BCUT2D eigenvalue weighted by Gasteiger charge is 2.40. The SMILES string of the molecule is COc1c(C(C)OC(N)=O)cc(C(=O)N[C@H](C)c2cccc3c2CCC3(F)F)c2nn(COCC[Si](C)(C)C)cc12. The number of hydrogen-bond acceptors (Lipinski definition) is 6. The lowest BCUT2D eigenvalue weighted by Crippen LogP contribution is -2.28. The first-order chi connectivity index (χ1) is 19.2. The first-order valence-electron chi connectivity index (χ1n) is 13.6. The molecule has 41 heavy (non-hydrogen) atoms. The van der Waals surface area contributed by atoms with Crippen molar-refractivity contribution < 1.29 is 32.6 Å². The zero-order chi connectivity index (χ0) is 30.1. The summed E-state index contributed by atoms with van der Waals surface area (Å²) in [5.41, 5.74) is 7.48. The van der Waals surface area contributed by atoms with Crippen LogP contribution in [0.25, 0.3) is 10.9 Å². The molecule has 0 bridgehead atoms. The fourth-order valence-electron chi connectivity index (χ4n) is 5.18. The summed E-state index contributed by atoms with van der Waals surface area (Å²) in [6.07, 6.45) is -0.0975. The third-order valence-corrected chi connectivity index (χ3v) is 9.04. The average Bonchev–Trinajstić information content (AvgIpc) is 3.45. The van der Waals surface area contributed by atoms with Gasteiger partial charge in [0.25, 0.3) is 11.8 Å². The highest BCUT2D eigenvalue weighted by molar-refractivity contribution is 6.76. The molecule has 0 radical (unpaired) electrons. The molecule has 0 aliphatic heterocycles. The molecule has 1 aliphatic carbocycles. The number of alkyl halides is 2. The van der Waals surface area contributed by atoms with Crippen molar-refractivity contribution in [3.8, 4) is 5.75 Å². The van der Waals surface area contributed by atoms with Crippen molar-refractivity contribution in [1.29, 1.82) is 0 Å². The van der Waals surface area contributed by atoms with Crippen LogP contribution in [0.5, 0.6) is 5.75 Å². The van der Waals surface area contributed by atoms with Crippen molar-refractivity contribution in [2.24, 2.45) is 5.73 Å². The van der Waals surface area contributed by atoms with E-state index < -0.39 is 38.1 Å². The van der Waals surface area contributed by atoms with Crippen molar-refractivity contribution in [1.82, 2.24) is 15.1 Å². The molecule has 1 unspecified atom stereocenters. The summed E-state index contributed by atoms with van der Waals surface area (Å²) in [7, 11) is 0.198. The van der Waals surface area contributed by atoms with Gasteiger partial charge in [-0.1, -0.05) is 37.8 Å². The molecule has 0 saturated carbocycles. The molecule has 1 aliphatic rings. The third-order valence-electron chi connectivity index (χ3n) is 7.33. The van der Waals surface area contributed by atoms with Gasteiger partial charge in [-0.25, -0.2) is 18.3 Å². The minimum Gasteiger partial charge on any atom is -0.496 e. The number of hydrogen-bond donors (Lipinski definition) is 2. The Morgan fingerprint density at radius 2 is 1.95 bits per heavy atom. The number of carbonyl (C=O) groups excluding carboxylic acids is 2. The lowest BCUT2D eigenvalue weighted by atomic mass is 9.97. The predicted octanol–water partition coefficient (Wildman–Crippen LogP) is 6.04. The van der Waals surface area contributed by atoms with Crippen LogP contribution in [0.3, 0.4) is 0 Å². The second-order valence-electron chi connectivity index (χ2n) is 11.7. The number of nitrogens with zero attached hydrogens (tertiary/aromatic N) is 2. The topological polar surface area (TPSA) is 118 Å². The van der Waals surface area contributed by atoms with Crippen LogP contribution >= 0.6 is 0 Å². The maximum absolute atomic E-state index is 14.4. The van der Waals surface area contributed by atoms with E-state index in [4.69, 9.17) is 19.9 Å². The first-order valence-corrected chi connectivity index (χ1v) is 17.4. The van der Waals surface area contributed by atoms with E-state index in [1.165, 1.54) is 13.2 Å². The van der Waals surface area contributed by atoms with Crippen molar-refractivity contribution >= 4 is 31.0 Å². The largest absolute Gasteiger partial charge is 0.496 e. The molecule has 3 aromatic rings. The zero-order valence-corrected chi connectivity index (χ0v) is 25.3. The Balaban J connectivity index is 1.70. The lowest BCUT2D eigenvalue weighted by molar-refractivity contribution is -0.00185. The number of fused-ring (bicyclic) bond motifs is 2. The zero-order valence-electron chi connectivity index (χ0n) is 24.3. The van der Waals surface area contributed by atoms with Gasteiger partial charge in [-0.2, -0.15) is 5.10 Å². The molecule has 2 aromatic carbocycles. The van der Waals surface area contributed by atoms with E-state index in [1.54, 1.807) is 42.9 Å². The molecule has 0 saturated heterocycles. The number of nitrogens with one attached hydrogen (secondary N) is 1. The number of methoxy groups -OCH3 is 1. The molecular formula is C29H38F2N4O5Si. The summed E-state index contributed by atoms with van der Waals surface area (Å²) in [6, 6.07) is 6.78. The monoisotopic (exact) mass is 588 g/mol. The minimum absolute atomic E-state index is 0.00974. The number of halogens is 2. The minimum atomic E-state index is -2.88. The second kappa shape index (κ2) is 11.8. The molecule has 222 valence electrons. The number of benzene rings is 2. The molecule has 1 aromatic heterocycles. The molecule has 2 atom stereocenters. The van der Waals surface area contributed by atoms with Crippen LogP contribution in [0.2, 0.25) is 25.7 Å². The van der Waals surface area contributed by atoms with Gasteiger partial charge in [0.05, 0.1) is 24.1 Å². The van der Waals surface area contributed by atoms with E-state index >= 15 is 0 Å². The Bertz CT molecular complexity index is 1450. The number of carbonyl (C=O) groups is 2. The predicted molar refractivity (Wildman–Crippen MR) is 154 cm³/mol. The molecule has 4 rings (SSSR count). The number of primary amides is 1. The highest BCUT2D eigenvalue weighted by Crippen LogP contribution is 2.44. The Labute approximate surface area is 239 Å². The van der Waals surface area contributed by atoms with Crippen LogP contribution in [0, 0.1) is 0 Å². The van der Waals surface area contributed by atoms with E-state index in [-0.39, 0.29) is 30.7 Å². The van der Waals surface area contributed by atoms with Crippen LogP contribution in [0.1, 0.15) is 65.0 Å². The summed E-state index contributed by atoms with van der Waals surface area (Å²) < 4.78 is 47.1. The maximum atomic E-state index is 14.4. The van der Waals surface area contributed by atoms with Gasteiger partial charge in [0, 0.05) is 38.4 Å². The number of ether oxygens (including phenoxy) is 3. The Morgan fingerprint density at radius 3 is 2.61 bits per heavy atom. The molecule has 1 heterocycles. The fraction of sp³-hybridized carbons (Fsp3) is 0.483. The van der Waals surface area contributed by atoms with Crippen molar-refractivity contribution in [2.75, 3.05) is 13.7 Å². The van der Waals surface area contributed by atoms with Crippen LogP contribution in [-0.4, -0.2) is 43.6 Å². The van der Waals surface area contributed by atoms with E-state index in [2.05, 4.69) is 30.1 Å². The Morgan fingerprint density at radius 1 is 1.22 bits per heavy atom. The normalized spacial score (nSPS) is 15.8. The third kappa shape index (κ3) is 6.70. The Hall–Kier alpha value is -3.51. The van der Waals surface area contributed by atoms with Gasteiger partial charge in [0.15, 0.2) is 0 Å². The lowest BCUT2D eigenvalue weighted by Gasteiger charge is -2.20. The van der Waals surface area contributed by atoms with E-state index in [1.807, 2.05) is 0 Å². The molecular weight excluding hydrogens is 550 g/mol. The van der Waals surface area contributed by atoms with E-state index in [0.717, 1.165) is 6.04 Å². The standard InChI is InChI=1S/C29H38F2N4O5Si/c1-17(19-8-7-9-24-20(19)10-11-29(24,30)31)33-27(36)22-14-21(18(2)40-28(32)37)26(38-3)23-15-35(34-25(22)23)16-39-12-13-41(4,5)6/h7-9,14-15,17-18H,10-13,16H2,1-6H3,(H2,32,37)(H,33,36)/t17-,18?/m1/s1. The molecule has 12 heteroatoms. The average molecular weight is 589 g/mol. The van der Waals surface area contributed by atoms with Crippen LogP contribution in [0.4, 0.5) is 13.6 Å². The molecule has 0 fully saturated rings. The number of rotatable bonds is 11. The fourth-order valence-corrected chi connectivity index (χ4v) is 5.93. The molecule has 0 spiro atoms. The summed E-state index contributed by atoms with van der Waals surface area (Å²) in [6.45, 7) is 10.9. The van der Waals surface area contributed by atoms with Gasteiger partial charge in [-0.15, -0.1) is 0 Å². The molecule has 2 amide bonds. The van der Waals surface area contributed by atoms with E-state index in [9.17, 15) is 18.4 Å². The molecule has 9 nitrogen and oxygen atoms in total. The second-order valence-corrected chi connectivity index (χ2v) is 17.3. The quantitative estimate of drug-likeness (QED) is 0.208. The highest BCUT2D eigenvalue weighted by atomic mass is 28.3. The number of amides is 2. The van der Waals surface area contributed by atoms with Gasteiger partial charge in [0.1, 0.15) is 24.1 Å². The van der Waals surface area contributed by atoms with Gasteiger partial charge >= 0.3 is 6.09 Å². The molecule has 3 N–H and O–H groups in total. The van der Waals surface area contributed by atoms with Crippen LogP contribution in [-0.2, 0) is 28.5 Å². The van der Waals surface area contributed by atoms with Crippen molar-refractivity contribution in [2.45, 2.75) is 77.2 Å². The summed E-state index contributed by atoms with van der Waals surface area (Å²) in [5.74, 6) is -2.97. The van der Waals surface area contributed by atoms with Gasteiger partial charge in [-0.05, 0) is 43.5 Å². The summed E-state index contributed by atoms with van der Waals surface area (Å²) >= 11 is 0. The first kappa shape index (κ1) is 30.4. The van der Waals surface area contributed by atoms with Gasteiger partial charge in [-0.3, -0.25) is 4.79 Å². The van der Waals surface area contributed by atoms with Crippen LogP contribution < -0.4 is 15.8 Å². The van der Waals surface area contributed by atoms with Crippen molar-refractivity contribution in [3.63, 3.8) is 0 Å².